The first kappa shape index (κ1) is 16.1. The highest BCUT2D eigenvalue weighted by molar-refractivity contribution is 7.11. The van der Waals surface area contributed by atoms with Crippen LogP contribution in [0.15, 0.2) is 18.6 Å². The zero-order chi connectivity index (χ0) is 16.4. The van der Waals surface area contributed by atoms with Crippen molar-refractivity contribution in [1.82, 2.24) is 19.7 Å². The van der Waals surface area contributed by atoms with Gasteiger partial charge in [0.1, 0.15) is 0 Å². The second kappa shape index (κ2) is 6.80. The monoisotopic (exact) mass is 333 g/mol. The third kappa shape index (κ3) is 3.45. The van der Waals surface area contributed by atoms with Gasteiger partial charge in [-0.3, -0.25) is 14.4 Å². The zero-order valence-electron chi connectivity index (χ0n) is 13.9. The summed E-state index contributed by atoms with van der Waals surface area (Å²) in [6.45, 7) is 3.66. The van der Waals surface area contributed by atoms with Gasteiger partial charge >= 0.3 is 0 Å². The molecule has 0 aromatic carbocycles. The van der Waals surface area contributed by atoms with E-state index >= 15 is 0 Å². The molecule has 6 nitrogen and oxygen atoms in total. The molecule has 1 aliphatic rings. The summed E-state index contributed by atoms with van der Waals surface area (Å²) in [6.07, 6.45) is 8.48. The van der Waals surface area contributed by atoms with Crippen molar-refractivity contribution in [2.24, 2.45) is 7.05 Å². The fourth-order valence-corrected chi connectivity index (χ4v) is 3.94. The van der Waals surface area contributed by atoms with Crippen LogP contribution in [0.5, 0.6) is 0 Å². The average Bonchev–Trinajstić information content (AvgIpc) is 3.16. The Morgan fingerprint density at radius 1 is 1.43 bits per heavy atom. The van der Waals surface area contributed by atoms with Gasteiger partial charge in [-0.2, -0.15) is 5.10 Å². The largest absolute Gasteiger partial charge is 0.308 e. The van der Waals surface area contributed by atoms with Crippen molar-refractivity contribution in [2.75, 3.05) is 18.5 Å². The van der Waals surface area contributed by atoms with Crippen molar-refractivity contribution in [2.45, 2.75) is 38.8 Å². The summed E-state index contributed by atoms with van der Waals surface area (Å²) >= 11 is 1.74. The Balaban J connectivity index is 1.69. The highest BCUT2D eigenvalue weighted by atomic mass is 32.1. The molecule has 0 N–H and O–H groups in total. The SMILES string of the molecule is CCc1ncc(CN(C)[C@@H]2CCCN(c3cnn(C)c3)C2=O)s1. The third-order valence-electron chi connectivity index (χ3n) is 4.25. The summed E-state index contributed by atoms with van der Waals surface area (Å²) in [4.78, 5) is 22.5. The van der Waals surface area contributed by atoms with Gasteiger partial charge in [0.25, 0.3) is 0 Å². The Morgan fingerprint density at radius 3 is 2.91 bits per heavy atom. The van der Waals surface area contributed by atoms with Gasteiger partial charge in [-0.25, -0.2) is 4.98 Å². The van der Waals surface area contributed by atoms with Crippen molar-refractivity contribution in [3.8, 4) is 0 Å². The fourth-order valence-electron chi connectivity index (χ4n) is 3.01. The minimum Gasteiger partial charge on any atom is -0.308 e. The maximum absolute atomic E-state index is 12.9. The van der Waals surface area contributed by atoms with Crippen LogP contribution < -0.4 is 4.90 Å². The first-order chi connectivity index (χ1) is 11.1. The third-order valence-corrected chi connectivity index (χ3v) is 5.38. The van der Waals surface area contributed by atoms with Gasteiger partial charge in [0.15, 0.2) is 0 Å². The first-order valence-electron chi connectivity index (χ1n) is 8.02. The molecule has 0 unspecified atom stereocenters. The van der Waals surface area contributed by atoms with Crippen LogP contribution in [0, 0.1) is 0 Å². The van der Waals surface area contributed by atoms with Crippen molar-refractivity contribution in [3.63, 3.8) is 0 Å². The number of hydrogen-bond donors (Lipinski definition) is 0. The standard InChI is InChI=1S/C16H23N5OS/c1-4-15-17-9-13(23-15)11-19(2)14-6-5-7-21(16(14)22)12-8-18-20(3)10-12/h8-10,14H,4-7,11H2,1-3H3/t14-/m1/s1. The van der Waals surface area contributed by atoms with Gasteiger partial charge in [0.2, 0.25) is 5.91 Å². The number of rotatable bonds is 5. The molecular formula is C16H23N5OS. The normalized spacial score (nSPS) is 18.9. The summed E-state index contributed by atoms with van der Waals surface area (Å²) < 4.78 is 1.74. The summed E-state index contributed by atoms with van der Waals surface area (Å²) in [7, 11) is 3.90. The van der Waals surface area contributed by atoms with E-state index in [1.807, 2.05) is 31.4 Å². The minimum absolute atomic E-state index is 0.0730. The molecule has 1 atom stereocenters. The Bertz CT molecular complexity index is 680. The van der Waals surface area contributed by atoms with E-state index in [0.717, 1.165) is 43.0 Å². The molecule has 0 spiro atoms. The second-order valence-electron chi connectivity index (χ2n) is 6.01. The van der Waals surface area contributed by atoms with Crippen LogP contribution >= 0.6 is 11.3 Å². The van der Waals surface area contributed by atoms with Gasteiger partial charge in [0.05, 0.1) is 22.9 Å². The van der Waals surface area contributed by atoms with Crippen LogP contribution in [0.4, 0.5) is 5.69 Å². The van der Waals surface area contributed by atoms with E-state index in [-0.39, 0.29) is 11.9 Å². The number of likely N-dealkylation sites (N-methyl/N-ethyl adjacent to an activating group) is 1. The summed E-state index contributed by atoms with van der Waals surface area (Å²) in [5.41, 5.74) is 0.890. The number of carbonyl (C=O) groups excluding carboxylic acids is 1. The van der Waals surface area contributed by atoms with E-state index in [4.69, 9.17) is 0 Å². The molecule has 1 saturated heterocycles. The van der Waals surface area contributed by atoms with Crippen LogP contribution in [-0.4, -0.2) is 45.2 Å². The number of anilines is 1. The Kier molecular flexibility index (Phi) is 4.77. The maximum atomic E-state index is 12.9. The van der Waals surface area contributed by atoms with Crippen LogP contribution in [0.3, 0.4) is 0 Å². The molecule has 1 aliphatic heterocycles. The predicted octanol–water partition coefficient (Wildman–Crippen LogP) is 2.07. The molecule has 0 radical (unpaired) electrons. The molecule has 124 valence electrons. The second-order valence-corrected chi connectivity index (χ2v) is 7.21. The topological polar surface area (TPSA) is 54.3 Å². The molecule has 0 saturated carbocycles. The lowest BCUT2D eigenvalue weighted by molar-refractivity contribution is -0.125. The summed E-state index contributed by atoms with van der Waals surface area (Å²) in [5, 5.41) is 5.33. The van der Waals surface area contributed by atoms with Crippen LogP contribution in [-0.2, 0) is 24.8 Å². The van der Waals surface area contributed by atoms with Crippen molar-refractivity contribution in [1.29, 1.82) is 0 Å². The molecule has 3 rings (SSSR count). The molecule has 0 aliphatic carbocycles. The lowest BCUT2D eigenvalue weighted by Crippen LogP contribution is -2.51. The Morgan fingerprint density at radius 2 is 2.26 bits per heavy atom. The van der Waals surface area contributed by atoms with Gasteiger partial charge in [-0.05, 0) is 26.3 Å². The highest BCUT2D eigenvalue weighted by Crippen LogP contribution is 2.24. The van der Waals surface area contributed by atoms with Crippen LogP contribution in [0.25, 0.3) is 0 Å². The molecule has 7 heteroatoms. The Labute approximate surface area is 140 Å². The number of carbonyl (C=O) groups is 1. The lowest BCUT2D eigenvalue weighted by Gasteiger charge is -2.36. The number of aryl methyl sites for hydroxylation is 2. The first-order valence-corrected chi connectivity index (χ1v) is 8.84. The van der Waals surface area contributed by atoms with Gasteiger partial charge in [0, 0.05) is 37.4 Å². The molecule has 2 aromatic rings. The zero-order valence-corrected chi connectivity index (χ0v) is 14.7. The predicted molar refractivity (Wildman–Crippen MR) is 91.5 cm³/mol. The molecule has 1 amide bonds. The average molecular weight is 333 g/mol. The van der Waals surface area contributed by atoms with E-state index in [1.54, 1.807) is 22.2 Å². The quantitative estimate of drug-likeness (QED) is 0.840. The number of hydrogen-bond acceptors (Lipinski definition) is 5. The molecule has 23 heavy (non-hydrogen) atoms. The molecule has 0 bridgehead atoms. The van der Waals surface area contributed by atoms with Gasteiger partial charge in [-0.15, -0.1) is 11.3 Å². The van der Waals surface area contributed by atoms with Crippen molar-refractivity contribution >= 4 is 22.9 Å². The minimum atomic E-state index is -0.0730. The van der Waals surface area contributed by atoms with E-state index in [2.05, 4.69) is 21.9 Å². The van der Waals surface area contributed by atoms with E-state index < -0.39 is 0 Å². The highest BCUT2D eigenvalue weighted by Gasteiger charge is 2.33. The number of piperidine rings is 1. The van der Waals surface area contributed by atoms with E-state index in [0.29, 0.717) is 0 Å². The molecule has 2 aromatic heterocycles. The van der Waals surface area contributed by atoms with E-state index in [9.17, 15) is 4.79 Å². The van der Waals surface area contributed by atoms with Crippen molar-refractivity contribution < 1.29 is 4.79 Å². The Hall–Kier alpha value is -1.73. The fraction of sp³-hybridized carbons (Fsp3) is 0.562. The lowest BCUT2D eigenvalue weighted by atomic mass is 10.0. The molecule has 3 heterocycles. The smallest absolute Gasteiger partial charge is 0.244 e. The van der Waals surface area contributed by atoms with Crippen LogP contribution in [0.1, 0.15) is 29.7 Å². The summed E-state index contributed by atoms with van der Waals surface area (Å²) in [6, 6.07) is -0.0730. The number of aromatic nitrogens is 3. The number of amides is 1. The summed E-state index contributed by atoms with van der Waals surface area (Å²) in [5.74, 6) is 0.173. The molecule has 1 fully saturated rings. The maximum Gasteiger partial charge on any atom is 0.244 e. The molecular weight excluding hydrogens is 310 g/mol. The van der Waals surface area contributed by atoms with Gasteiger partial charge < -0.3 is 4.90 Å². The van der Waals surface area contributed by atoms with Gasteiger partial charge in [-0.1, -0.05) is 6.92 Å². The van der Waals surface area contributed by atoms with Crippen LogP contribution in [0.2, 0.25) is 0 Å². The van der Waals surface area contributed by atoms with E-state index in [1.165, 1.54) is 4.88 Å². The van der Waals surface area contributed by atoms with Crippen molar-refractivity contribution in [3.05, 3.63) is 28.5 Å². The number of nitrogens with zero attached hydrogens (tertiary/aromatic N) is 5. The number of thiazole rings is 1.